The lowest BCUT2D eigenvalue weighted by molar-refractivity contribution is 0.0905. The number of likely N-dealkylation sites (N-methyl/N-ethyl adjacent to an activating group) is 1. The molecular formula is C21H32N2O6S2. The fourth-order valence-electron chi connectivity index (χ4n) is 3.97. The number of aliphatic hydroxyl groups is 1. The summed E-state index contributed by atoms with van der Waals surface area (Å²) in [5.41, 5.74) is 2.07. The van der Waals surface area contributed by atoms with Crippen LogP contribution in [0.15, 0.2) is 29.2 Å². The molecule has 2 aliphatic rings. The van der Waals surface area contributed by atoms with Crippen LogP contribution >= 0.6 is 0 Å². The zero-order chi connectivity index (χ0) is 23.0. The van der Waals surface area contributed by atoms with Gasteiger partial charge in [-0.2, -0.15) is 4.31 Å². The van der Waals surface area contributed by atoms with Gasteiger partial charge in [0.1, 0.15) is 16.7 Å². The van der Waals surface area contributed by atoms with Crippen LogP contribution in [0.3, 0.4) is 0 Å². The van der Waals surface area contributed by atoms with Crippen LogP contribution in [-0.2, 0) is 20.0 Å². The van der Waals surface area contributed by atoms with Crippen molar-refractivity contribution in [3.05, 3.63) is 29.8 Å². The van der Waals surface area contributed by atoms with E-state index in [9.17, 15) is 21.9 Å². The van der Waals surface area contributed by atoms with Crippen molar-refractivity contribution in [2.75, 3.05) is 33.0 Å². The molecule has 8 nitrogen and oxygen atoms in total. The molecule has 3 rings (SSSR count). The van der Waals surface area contributed by atoms with Crippen LogP contribution in [0.1, 0.15) is 38.7 Å². The lowest BCUT2D eigenvalue weighted by atomic mass is 10.0. The van der Waals surface area contributed by atoms with Gasteiger partial charge in [0.15, 0.2) is 0 Å². The normalized spacial score (nSPS) is 25.3. The molecule has 0 spiro atoms. The Labute approximate surface area is 185 Å². The molecule has 1 aliphatic carbocycles. The van der Waals surface area contributed by atoms with Crippen LogP contribution in [0.5, 0.6) is 5.75 Å². The zero-order valence-electron chi connectivity index (χ0n) is 18.5. The van der Waals surface area contributed by atoms with Crippen molar-refractivity contribution >= 4 is 25.6 Å². The molecule has 1 aliphatic heterocycles. The standard InChI is InChI=1S/C21H32N2O6S2/c1-15-12-23(16(2)14-24)31(27,28)21-10-9-18(17-7-5-6-8-17)11-19(21)29-20(15)13-22(3)30(4,25)26/h7,9-11,15-16,20,24H,5-6,8,12-14H2,1-4H3/t15-,16+,20+/m0/s1. The van der Waals surface area contributed by atoms with Crippen LogP contribution in [0.4, 0.5) is 0 Å². The van der Waals surface area contributed by atoms with Crippen LogP contribution in [-0.4, -0.2) is 75.7 Å². The molecule has 1 aromatic carbocycles. The molecule has 10 heteroatoms. The van der Waals surface area contributed by atoms with E-state index in [-0.39, 0.29) is 36.3 Å². The van der Waals surface area contributed by atoms with E-state index < -0.39 is 32.2 Å². The van der Waals surface area contributed by atoms with Gasteiger partial charge >= 0.3 is 0 Å². The maximum Gasteiger partial charge on any atom is 0.247 e. The number of rotatable bonds is 6. The monoisotopic (exact) mass is 472 g/mol. The maximum atomic E-state index is 13.5. The Morgan fingerprint density at radius 3 is 2.65 bits per heavy atom. The summed E-state index contributed by atoms with van der Waals surface area (Å²) in [5.74, 6) is -0.0885. The Hall–Kier alpha value is -1.46. The van der Waals surface area contributed by atoms with Gasteiger partial charge in [-0.1, -0.05) is 19.1 Å². The second-order valence-corrected chi connectivity index (χ2v) is 12.5. The van der Waals surface area contributed by atoms with Crippen molar-refractivity contribution < 1.29 is 26.7 Å². The fourth-order valence-corrected chi connectivity index (χ4v) is 6.21. The molecule has 1 heterocycles. The highest BCUT2D eigenvalue weighted by molar-refractivity contribution is 7.89. The second kappa shape index (κ2) is 9.19. The van der Waals surface area contributed by atoms with Gasteiger partial charge in [0.25, 0.3) is 0 Å². The van der Waals surface area contributed by atoms with E-state index in [0.717, 1.165) is 36.7 Å². The lowest BCUT2D eigenvalue weighted by Gasteiger charge is -2.37. The lowest BCUT2D eigenvalue weighted by Crippen LogP contribution is -2.50. The largest absolute Gasteiger partial charge is 0.487 e. The first-order valence-corrected chi connectivity index (χ1v) is 13.8. The average Bonchev–Trinajstić information content (AvgIpc) is 3.23. The molecule has 1 aromatic rings. The Morgan fingerprint density at radius 2 is 2.06 bits per heavy atom. The van der Waals surface area contributed by atoms with Gasteiger partial charge in [0.2, 0.25) is 20.0 Å². The Kier molecular flexibility index (Phi) is 7.17. The molecule has 174 valence electrons. The van der Waals surface area contributed by atoms with Crippen LogP contribution in [0, 0.1) is 5.92 Å². The predicted molar refractivity (Wildman–Crippen MR) is 120 cm³/mol. The van der Waals surface area contributed by atoms with Gasteiger partial charge in [0.05, 0.1) is 19.4 Å². The minimum absolute atomic E-state index is 0.0362. The van der Waals surface area contributed by atoms with Gasteiger partial charge < -0.3 is 9.84 Å². The van der Waals surface area contributed by atoms with Crippen molar-refractivity contribution in [3.8, 4) is 5.75 Å². The van der Waals surface area contributed by atoms with Crippen molar-refractivity contribution in [2.45, 2.75) is 50.2 Å². The van der Waals surface area contributed by atoms with Crippen molar-refractivity contribution in [3.63, 3.8) is 0 Å². The molecule has 0 amide bonds. The number of allylic oxidation sites excluding steroid dienone is 2. The number of fused-ring (bicyclic) bond motifs is 1. The highest BCUT2D eigenvalue weighted by atomic mass is 32.2. The third-order valence-corrected chi connectivity index (χ3v) is 9.38. The van der Waals surface area contributed by atoms with Crippen LogP contribution in [0.2, 0.25) is 0 Å². The molecule has 0 unspecified atom stereocenters. The summed E-state index contributed by atoms with van der Waals surface area (Å²) in [4.78, 5) is 0.0362. The van der Waals surface area contributed by atoms with Gasteiger partial charge in [-0.15, -0.1) is 0 Å². The van der Waals surface area contributed by atoms with Crippen molar-refractivity contribution in [2.24, 2.45) is 5.92 Å². The number of ether oxygens (including phenoxy) is 1. The summed E-state index contributed by atoms with van der Waals surface area (Å²) >= 11 is 0. The molecule has 0 aromatic heterocycles. The summed E-state index contributed by atoms with van der Waals surface area (Å²) in [6.45, 7) is 3.37. The molecule has 0 saturated heterocycles. The first kappa shape index (κ1) is 24.2. The summed E-state index contributed by atoms with van der Waals surface area (Å²) in [5, 5.41) is 9.69. The number of hydrogen-bond donors (Lipinski definition) is 1. The number of hydrogen-bond acceptors (Lipinski definition) is 6. The minimum atomic E-state index is -3.91. The summed E-state index contributed by atoms with van der Waals surface area (Å²) < 4.78 is 59.6. The van der Waals surface area contributed by atoms with Gasteiger partial charge in [0, 0.05) is 25.6 Å². The Morgan fingerprint density at radius 1 is 1.35 bits per heavy atom. The van der Waals surface area contributed by atoms with E-state index in [0.29, 0.717) is 0 Å². The number of sulfonamides is 2. The summed E-state index contributed by atoms with van der Waals surface area (Å²) in [6, 6.07) is 4.48. The van der Waals surface area contributed by atoms with Gasteiger partial charge in [-0.25, -0.2) is 21.1 Å². The average molecular weight is 473 g/mol. The Balaban J connectivity index is 2.10. The second-order valence-electron chi connectivity index (χ2n) is 8.57. The molecule has 1 N–H and O–H groups in total. The Bertz CT molecular complexity index is 1050. The van der Waals surface area contributed by atoms with E-state index in [2.05, 4.69) is 6.08 Å². The summed E-state index contributed by atoms with van der Waals surface area (Å²) in [7, 11) is -5.86. The SMILES string of the molecule is C[C@H](CO)N1C[C@H](C)[C@@H](CN(C)S(C)(=O)=O)Oc2cc(C3=CCCC3)ccc2S1(=O)=O. The third kappa shape index (κ3) is 5.14. The highest BCUT2D eigenvalue weighted by Crippen LogP contribution is 2.37. The maximum absolute atomic E-state index is 13.5. The third-order valence-electron chi connectivity index (χ3n) is 6.08. The van der Waals surface area contributed by atoms with Crippen molar-refractivity contribution in [1.82, 2.24) is 8.61 Å². The van der Waals surface area contributed by atoms with E-state index in [4.69, 9.17) is 4.74 Å². The van der Waals surface area contributed by atoms with Crippen LogP contribution in [0.25, 0.3) is 5.57 Å². The molecular weight excluding hydrogens is 440 g/mol. The topological polar surface area (TPSA) is 104 Å². The van der Waals surface area contributed by atoms with E-state index in [1.54, 1.807) is 25.1 Å². The molecule has 0 fully saturated rings. The number of benzene rings is 1. The molecule has 0 radical (unpaired) electrons. The first-order valence-electron chi connectivity index (χ1n) is 10.5. The van der Waals surface area contributed by atoms with Crippen LogP contribution < -0.4 is 4.74 Å². The molecule has 31 heavy (non-hydrogen) atoms. The van der Waals surface area contributed by atoms with Gasteiger partial charge in [-0.05, 0) is 49.5 Å². The van der Waals surface area contributed by atoms with E-state index in [1.165, 1.54) is 15.7 Å². The fraction of sp³-hybridized carbons (Fsp3) is 0.619. The van der Waals surface area contributed by atoms with E-state index >= 15 is 0 Å². The number of nitrogens with zero attached hydrogens (tertiary/aromatic N) is 2. The first-order chi connectivity index (χ1) is 14.4. The minimum Gasteiger partial charge on any atom is -0.487 e. The molecule has 3 atom stereocenters. The summed E-state index contributed by atoms with van der Waals surface area (Å²) in [6.07, 6.45) is 5.70. The number of aliphatic hydroxyl groups excluding tert-OH is 1. The predicted octanol–water partition coefficient (Wildman–Crippen LogP) is 1.91. The van der Waals surface area contributed by atoms with Gasteiger partial charge in [-0.3, -0.25) is 0 Å². The van der Waals surface area contributed by atoms with Crippen molar-refractivity contribution in [1.29, 1.82) is 0 Å². The quantitative estimate of drug-likeness (QED) is 0.678. The smallest absolute Gasteiger partial charge is 0.247 e. The highest BCUT2D eigenvalue weighted by Gasteiger charge is 2.38. The molecule has 0 saturated carbocycles. The zero-order valence-corrected chi connectivity index (χ0v) is 20.1. The van der Waals surface area contributed by atoms with E-state index in [1.807, 2.05) is 6.92 Å². The molecule has 0 bridgehead atoms.